The highest BCUT2D eigenvalue weighted by molar-refractivity contribution is 5.71. The maximum absolute atomic E-state index is 8.13. The second-order valence-electron chi connectivity index (χ2n) is 2.02. The minimum atomic E-state index is 0.204. The molecule has 0 N–H and O–H groups in total. The summed E-state index contributed by atoms with van der Waals surface area (Å²) in [5.41, 5.74) is 0. The molecule has 0 heterocycles. The Kier molecular flexibility index (Phi) is 6.56. The molecule has 0 aliphatic heterocycles. The topological polar surface area (TPSA) is 45.4 Å². The van der Waals surface area contributed by atoms with Crippen LogP contribution in [0.3, 0.4) is 0 Å². The van der Waals surface area contributed by atoms with Crippen molar-refractivity contribution in [2.45, 2.75) is 6.42 Å². The third kappa shape index (κ3) is 6.56. The monoisotopic (exact) mass is 164 g/mol. The van der Waals surface area contributed by atoms with E-state index in [0.717, 1.165) is 0 Å². The Bertz CT molecular complexity index is 223. The third-order valence-electron chi connectivity index (χ3n) is 1.12. The summed E-state index contributed by atoms with van der Waals surface area (Å²) in [7, 11) is 1.58. The molecule has 64 valence electrons. The molecule has 0 aromatic heterocycles. The molecule has 0 spiro atoms. The molecule has 0 atom stereocenters. The smallest absolute Gasteiger partial charge is 0.126 e. The van der Waals surface area contributed by atoms with Gasteiger partial charge in [0.05, 0.1) is 18.9 Å². The molecule has 3 heteroatoms. The molecule has 0 bridgehead atoms. The first kappa shape index (κ1) is 10.4. The van der Waals surface area contributed by atoms with E-state index in [4.69, 9.17) is 10.00 Å². The summed E-state index contributed by atoms with van der Waals surface area (Å²) in [5.74, 6) is 0.708. The van der Waals surface area contributed by atoms with Gasteiger partial charge in [0.25, 0.3) is 0 Å². The minimum absolute atomic E-state index is 0.204. The Morgan fingerprint density at radius 3 is 3.08 bits per heavy atom. The number of nitrogens with zero attached hydrogens (tertiary/aromatic N) is 2. The fourth-order valence-corrected chi connectivity index (χ4v) is 0.498. The van der Waals surface area contributed by atoms with E-state index in [2.05, 4.69) is 11.6 Å². The highest BCUT2D eigenvalue weighted by Gasteiger charge is 1.83. The number of hydrogen-bond donors (Lipinski definition) is 0. The number of ether oxygens (including phenoxy) is 1. The van der Waals surface area contributed by atoms with Gasteiger partial charge in [0.1, 0.15) is 6.54 Å². The van der Waals surface area contributed by atoms with E-state index in [-0.39, 0.29) is 6.54 Å². The highest BCUT2D eigenvalue weighted by Crippen LogP contribution is 1.97. The van der Waals surface area contributed by atoms with Crippen LogP contribution < -0.4 is 0 Å². The van der Waals surface area contributed by atoms with E-state index in [1.54, 1.807) is 19.4 Å². The largest absolute Gasteiger partial charge is 0.501 e. The van der Waals surface area contributed by atoms with Crippen LogP contribution >= 0.6 is 0 Å². The number of allylic oxidation sites excluding steroid dienone is 2. The molecule has 0 saturated carbocycles. The van der Waals surface area contributed by atoms with Crippen LogP contribution in [0.25, 0.3) is 0 Å². The Hall–Kier alpha value is -1.56. The fourth-order valence-electron chi connectivity index (χ4n) is 0.498. The van der Waals surface area contributed by atoms with Crippen molar-refractivity contribution in [3.8, 4) is 6.07 Å². The average molecular weight is 164 g/mol. The molecule has 0 aromatic rings. The van der Waals surface area contributed by atoms with Crippen LogP contribution in [0.15, 0.2) is 29.5 Å². The third-order valence-corrected chi connectivity index (χ3v) is 1.12. The van der Waals surface area contributed by atoms with Crippen LogP contribution in [0.4, 0.5) is 0 Å². The zero-order valence-corrected chi connectivity index (χ0v) is 7.16. The van der Waals surface area contributed by atoms with Crippen molar-refractivity contribution in [2.24, 2.45) is 4.99 Å². The first-order valence-corrected chi connectivity index (χ1v) is 3.55. The van der Waals surface area contributed by atoms with Gasteiger partial charge in [-0.1, -0.05) is 12.7 Å². The Morgan fingerprint density at radius 1 is 1.75 bits per heavy atom. The van der Waals surface area contributed by atoms with Gasteiger partial charge in [0.15, 0.2) is 0 Å². The highest BCUT2D eigenvalue weighted by atomic mass is 16.5. The molecule has 0 fully saturated rings. The lowest BCUT2D eigenvalue weighted by molar-refractivity contribution is 0.287. The summed E-state index contributed by atoms with van der Waals surface area (Å²) < 4.78 is 4.84. The van der Waals surface area contributed by atoms with Crippen LogP contribution in [-0.2, 0) is 4.74 Å². The average Bonchev–Trinajstić information content (AvgIpc) is 2.10. The quantitative estimate of drug-likeness (QED) is 0.352. The first-order valence-electron chi connectivity index (χ1n) is 3.55. The Morgan fingerprint density at radius 2 is 2.50 bits per heavy atom. The van der Waals surface area contributed by atoms with E-state index >= 15 is 0 Å². The van der Waals surface area contributed by atoms with Gasteiger partial charge < -0.3 is 4.74 Å². The standard InChI is InChI=1S/C9H12N2O/c1-9(12-2)5-3-4-7-11-8-6-10/h3-4,7H,1,5,8H2,2H3/b4-3-,11-7?. The van der Waals surface area contributed by atoms with E-state index in [1.807, 2.05) is 12.1 Å². The molecule has 3 nitrogen and oxygen atoms in total. The lowest BCUT2D eigenvalue weighted by Crippen LogP contribution is -1.80. The van der Waals surface area contributed by atoms with Crippen molar-refractivity contribution in [3.05, 3.63) is 24.5 Å². The van der Waals surface area contributed by atoms with Gasteiger partial charge in [0.2, 0.25) is 0 Å². The van der Waals surface area contributed by atoms with E-state index in [0.29, 0.717) is 12.2 Å². The first-order chi connectivity index (χ1) is 5.81. The van der Waals surface area contributed by atoms with Crippen LogP contribution in [0.1, 0.15) is 6.42 Å². The van der Waals surface area contributed by atoms with E-state index in [9.17, 15) is 0 Å². The molecule has 0 rings (SSSR count). The number of aliphatic imine (C=N–C) groups is 1. The molecule has 0 aromatic carbocycles. The van der Waals surface area contributed by atoms with Crippen molar-refractivity contribution in [1.82, 2.24) is 0 Å². The molecule has 0 saturated heterocycles. The molecule has 0 unspecified atom stereocenters. The summed E-state index contributed by atoms with van der Waals surface area (Å²) in [5, 5.41) is 8.13. The molecular formula is C9H12N2O. The lowest BCUT2D eigenvalue weighted by atomic mass is 10.3. The zero-order valence-electron chi connectivity index (χ0n) is 7.16. The maximum atomic E-state index is 8.13. The summed E-state index contributed by atoms with van der Waals surface area (Å²) in [6.45, 7) is 3.84. The van der Waals surface area contributed by atoms with Gasteiger partial charge in [-0.2, -0.15) is 5.26 Å². The number of hydrogen-bond acceptors (Lipinski definition) is 3. The second-order valence-corrected chi connectivity index (χ2v) is 2.02. The van der Waals surface area contributed by atoms with E-state index in [1.165, 1.54) is 0 Å². The summed E-state index contributed by atoms with van der Waals surface area (Å²) >= 11 is 0. The summed E-state index contributed by atoms with van der Waals surface area (Å²) in [6, 6.07) is 1.90. The fraction of sp³-hybridized carbons (Fsp3) is 0.333. The maximum Gasteiger partial charge on any atom is 0.126 e. The molecule has 0 amide bonds. The van der Waals surface area contributed by atoms with Gasteiger partial charge in [-0.25, -0.2) is 0 Å². The van der Waals surface area contributed by atoms with Crippen LogP contribution in [0, 0.1) is 11.3 Å². The van der Waals surface area contributed by atoms with Crippen molar-refractivity contribution >= 4 is 6.21 Å². The number of methoxy groups -OCH3 is 1. The molecular weight excluding hydrogens is 152 g/mol. The Labute approximate surface area is 72.7 Å². The van der Waals surface area contributed by atoms with Gasteiger partial charge in [-0.3, -0.25) is 4.99 Å². The normalized spacial score (nSPS) is 10.3. The zero-order chi connectivity index (χ0) is 9.23. The van der Waals surface area contributed by atoms with Crippen molar-refractivity contribution in [2.75, 3.05) is 13.7 Å². The summed E-state index contributed by atoms with van der Waals surface area (Å²) in [4.78, 5) is 3.77. The van der Waals surface area contributed by atoms with Crippen LogP contribution in [-0.4, -0.2) is 19.9 Å². The van der Waals surface area contributed by atoms with Crippen LogP contribution in [0.2, 0.25) is 0 Å². The predicted octanol–water partition coefficient (Wildman–Crippen LogP) is 1.69. The van der Waals surface area contributed by atoms with Gasteiger partial charge in [-0.15, -0.1) is 0 Å². The number of rotatable bonds is 5. The van der Waals surface area contributed by atoms with Crippen molar-refractivity contribution in [1.29, 1.82) is 5.26 Å². The van der Waals surface area contributed by atoms with Crippen LogP contribution in [0.5, 0.6) is 0 Å². The minimum Gasteiger partial charge on any atom is -0.501 e. The summed E-state index contributed by atoms with van der Waals surface area (Å²) in [6.07, 6.45) is 5.90. The number of nitriles is 1. The van der Waals surface area contributed by atoms with Gasteiger partial charge >= 0.3 is 0 Å². The lowest BCUT2D eigenvalue weighted by Gasteiger charge is -1.96. The predicted molar refractivity (Wildman–Crippen MR) is 48.9 cm³/mol. The van der Waals surface area contributed by atoms with Crippen molar-refractivity contribution < 1.29 is 4.74 Å². The van der Waals surface area contributed by atoms with Gasteiger partial charge in [0, 0.05) is 12.6 Å². The SMILES string of the molecule is C=C(C/C=C\C=NCC#N)OC. The second kappa shape index (κ2) is 7.55. The Balaban J connectivity index is 3.51. The molecule has 0 radical (unpaired) electrons. The van der Waals surface area contributed by atoms with Gasteiger partial charge in [-0.05, 0) is 6.08 Å². The molecule has 0 aliphatic rings. The van der Waals surface area contributed by atoms with E-state index < -0.39 is 0 Å². The molecule has 0 aliphatic carbocycles. The molecule has 12 heavy (non-hydrogen) atoms. The van der Waals surface area contributed by atoms with Crippen molar-refractivity contribution in [3.63, 3.8) is 0 Å².